The van der Waals surface area contributed by atoms with Gasteiger partial charge in [-0.15, -0.1) is 11.3 Å². The van der Waals surface area contributed by atoms with Crippen LogP contribution in [0.4, 0.5) is 0 Å². The average Bonchev–Trinajstić information content (AvgIpc) is 3.31. The Balaban J connectivity index is 1.67. The van der Waals surface area contributed by atoms with Crippen molar-refractivity contribution in [2.24, 2.45) is 0 Å². The molecule has 0 fully saturated rings. The maximum atomic E-state index is 4.36. The molecule has 0 aliphatic heterocycles. The molecule has 126 valence electrons. The van der Waals surface area contributed by atoms with Crippen LogP contribution in [0.25, 0.3) is 42.8 Å². The van der Waals surface area contributed by atoms with E-state index in [-0.39, 0.29) is 0 Å². The Hall–Kier alpha value is -2.98. The van der Waals surface area contributed by atoms with Gasteiger partial charge in [0.15, 0.2) is 0 Å². The van der Waals surface area contributed by atoms with Crippen LogP contribution in [0.1, 0.15) is 6.92 Å². The van der Waals surface area contributed by atoms with Crippen molar-refractivity contribution in [3.8, 4) is 21.0 Å². The van der Waals surface area contributed by atoms with E-state index >= 15 is 0 Å². The first-order chi connectivity index (χ1) is 12.8. The molecule has 3 aromatic heterocycles. The maximum absolute atomic E-state index is 4.36. The van der Waals surface area contributed by atoms with Crippen molar-refractivity contribution in [2.45, 2.75) is 13.5 Å². The van der Waals surface area contributed by atoms with Gasteiger partial charge in [0.1, 0.15) is 6.33 Å². The molecule has 3 heterocycles. The monoisotopic (exact) mass is 355 g/mol. The highest BCUT2D eigenvalue weighted by atomic mass is 32.1. The highest BCUT2D eigenvalue weighted by Gasteiger charge is 2.12. The summed E-state index contributed by atoms with van der Waals surface area (Å²) in [7, 11) is 0. The summed E-state index contributed by atoms with van der Waals surface area (Å²) in [6, 6.07) is 21.7. The van der Waals surface area contributed by atoms with E-state index in [0.717, 1.165) is 12.2 Å². The van der Waals surface area contributed by atoms with Crippen molar-refractivity contribution in [2.75, 3.05) is 0 Å². The van der Waals surface area contributed by atoms with Crippen LogP contribution >= 0.6 is 11.3 Å². The molecule has 3 nitrogen and oxygen atoms in total. The van der Waals surface area contributed by atoms with Gasteiger partial charge in [-0.05, 0) is 48.9 Å². The molecule has 0 aliphatic rings. The molecule has 0 spiro atoms. The second-order valence-electron chi connectivity index (χ2n) is 6.25. The third-order valence-electron chi connectivity index (χ3n) is 4.81. The minimum absolute atomic E-state index is 0.972. The number of nitrogens with zero attached hydrogens (tertiary/aromatic N) is 3. The maximum Gasteiger partial charge on any atom is 0.116 e. The molecule has 0 atom stereocenters. The largest absolute Gasteiger partial charge is 0.341 e. The smallest absolute Gasteiger partial charge is 0.116 e. The molecule has 4 heteroatoms. The Morgan fingerprint density at radius 1 is 0.885 bits per heavy atom. The second kappa shape index (κ2) is 6.07. The Kier molecular flexibility index (Phi) is 3.57. The number of fused-ring (bicyclic) bond motifs is 3. The van der Waals surface area contributed by atoms with E-state index in [2.05, 4.69) is 76.1 Å². The normalized spacial score (nSPS) is 11.4. The molecule has 0 bridgehead atoms. The summed E-state index contributed by atoms with van der Waals surface area (Å²) in [6.45, 7) is 3.17. The molecular weight excluding hydrogens is 338 g/mol. The van der Waals surface area contributed by atoms with Gasteiger partial charge in [-0.1, -0.05) is 24.3 Å². The zero-order chi connectivity index (χ0) is 17.5. The van der Waals surface area contributed by atoms with Crippen LogP contribution in [0, 0.1) is 0 Å². The van der Waals surface area contributed by atoms with E-state index in [9.17, 15) is 0 Å². The predicted octanol–water partition coefficient (Wildman–Crippen LogP) is 6.00. The van der Waals surface area contributed by atoms with Crippen LogP contribution in [-0.4, -0.2) is 14.5 Å². The highest BCUT2D eigenvalue weighted by Crippen LogP contribution is 2.37. The van der Waals surface area contributed by atoms with Crippen molar-refractivity contribution < 1.29 is 0 Å². The molecule has 0 saturated heterocycles. The lowest BCUT2D eigenvalue weighted by atomic mass is 10.1. The van der Waals surface area contributed by atoms with Crippen LogP contribution in [0.3, 0.4) is 0 Å². The summed E-state index contributed by atoms with van der Waals surface area (Å²) >= 11 is 1.77. The lowest BCUT2D eigenvalue weighted by Crippen LogP contribution is -1.92. The van der Waals surface area contributed by atoms with E-state index in [1.165, 1.54) is 37.1 Å². The summed E-state index contributed by atoms with van der Waals surface area (Å²) in [4.78, 5) is 10.8. The van der Waals surface area contributed by atoms with Crippen molar-refractivity contribution in [3.05, 3.63) is 73.2 Å². The molecule has 0 saturated carbocycles. The number of thiophene rings is 1. The number of hydrogen-bond acceptors (Lipinski definition) is 3. The fraction of sp³-hybridized carbons (Fsp3) is 0.0909. The number of hydrogen-bond donors (Lipinski definition) is 0. The lowest BCUT2D eigenvalue weighted by molar-refractivity contribution is 0.827. The van der Waals surface area contributed by atoms with Gasteiger partial charge in [-0.25, -0.2) is 9.97 Å². The fourth-order valence-corrected chi connectivity index (χ4v) is 4.59. The summed E-state index contributed by atoms with van der Waals surface area (Å²) in [5, 5.41) is 2.63. The van der Waals surface area contributed by atoms with E-state index < -0.39 is 0 Å². The van der Waals surface area contributed by atoms with Gasteiger partial charge in [-0.2, -0.15) is 0 Å². The third-order valence-corrected chi connectivity index (χ3v) is 5.97. The third kappa shape index (κ3) is 2.34. The Morgan fingerprint density at radius 2 is 1.73 bits per heavy atom. The van der Waals surface area contributed by atoms with Gasteiger partial charge < -0.3 is 4.57 Å². The predicted molar refractivity (Wildman–Crippen MR) is 109 cm³/mol. The molecule has 26 heavy (non-hydrogen) atoms. The number of benzene rings is 2. The molecule has 2 aromatic carbocycles. The Labute approximate surface area is 155 Å². The standard InChI is InChI=1S/C22H17N3S/c1-2-25-19-6-4-3-5-16(19)17-13-15(7-8-20(17)25)21-9-10-22(26-21)18-11-12-23-14-24-18/h3-14H,2H2,1H3. The zero-order valence-corrected chi connectivity index (χ0v) is 15.2. The SMILES string of the molecule is CCn1c2ccccc2c2cc(-c3ccc(-c4ccncn4)s3)ccc21. The first-order valence-corrected chi connectivity index (χ1v) is 9.54. The van der Waals surface area contributed by atoms with Crippen molar-refractivity contribution >= 4 is 33.1 Å². The minimum atomic E-state index is 0.972. The van der Waals surface area contributed by atoms with Crippen LogP contribution in [0.15, 0.2) is 73.2 Å². The molecule has 0 aliphatic carbocycles. The summed E-state index contributed by atoms with van der Waals surface area (Å²) in [5.74, 6) is 0. The first-order valence-electron chi connectivity index (χ1n) is 8.73. The molecule has 0 N–H and O–H groups in total. The zero-order valence-electron chi connectivity index (χ0n) is 14.4. The van der Waals surface area contributed by atoms with Gasteiger partial charge >= 0.3 is 0 Å². The quantitative estimate of drug-likeness (QED) is 0.397. The number of aromatic nitrogens is 3. The first kappa shape index (κ1) is 15.3. The van der Waals surface area contributed by atoms with Crippen molar-refractivity contribution in [3.63, 3.8) is 0 Å². The van der Waals surface area contributed by atoms with E-state index in [0.29, 0.717) is 0 Å². The minimum Gasteiger partial charge on any atom is -0.341 e. The van der Waals surface area contributed by atoms with E-state index in [4.69, 9.17) is 0 Å². The average molecular weight is 355 g/mol. The molecule has 0 amide bonds. The van der Waals surface area contributed by atoms with Gasteiger partial charge in [0.05, 0.1) is 10.6 Å². The molecular formula is C22H17N3S. The number of aryl methyl sites for hydroxylation is 1. The fourth-order valence-electron chi connectivity index (χ4n) is 3.61. The van der Waals surface area contributed by atoms with E-state index in [1.807, 2.05) is 6.07 Å². The van der Waals surface area contributed by atoms with Crippen LogP contribution in [0.2, 0.25) is 0 Å². The molecule has 5 aromatic rings. The molecule has 0 radical (unpaired) electrons. The van der Waals surface area contributed by atoms with Gasteiger partial charge in [0.25, 0.3) is 0 Å². The van der Waals surface area contributed by atoms with Crippen LogP contribution < -0.4 is 0 Å². The molecule has 0 unspecified atom stereocenters. The number of para-hydroxylation sites is 1. The van der Waals surface area contributed by atoms with Gasteiger partial charge in [-0.3, -0.25) is 0 Å². The molecule has 5 rings (SSSR count). The summed E-state index contributed by atoms with van der Waals surface area (Å²) in [6.07, 6.45) is 3.38. The highest BCUT2D eigenvalue weighted by molar-refractivity contribution is 7.18. The van der Waals surface area contributed by atoms with Crippen molar-refractivity contribution in [1.29, 1.82) is 0 Å². The van der Waals surface area contributed by atoms with Crippen LogP contribution in [-0.2, 0) is 6.54 Å². The summed E-state index contributed by atoms with van der Waals surface area (Å²) < 4.78 is 2.38. The van der Waals surface area contributed by atoms with Crippen molar-refractivity contribution in [1.82, 2.24) is 14.5 Å². The number of rotatable bonds is 3. The van der Waals surface area contributed by atoms with Crippen LogP contribution in [0.5, 0.6) is 0 Å². The Bertz CT molecular complexity index is 1220. The van der Waals surface area contributed by atoms with Gasteiger partial charge in [0.2, 0.25) is 0 Å². The lowest BCUT2D eigenvalue weighted by Gasteiger charge is -2.03. The second-order valence-corrected chi connectivity index (χ2v) is 7.34. The summed E-state index contributed by atoms with van der Waals surface area (Å²) in [5.41, 5.74) is 4.82. The van der Waals surface area contributed by atoms with E-state index in [1.54, 1.807) is 23.9 Å². The Morgan fingerprint density at radius 3 is 2.58 bits per heavy atom. The topological polar surface area (TPSA) is 30.7 Å². The van der Waals surface area contributed by atoms with Gasteiger partial charge in [0, 0.05) is 39.4 Å².